The molecule has 1 saturated heterocycles. The highest BCUT2D eigenvalue weighted by Gasteiger charge is 2.43. The summed E-state index contributed by atoms with van der Waals surface area (Å²) in [4.78, 5) is 15.4. The summed E-state index contributed by atoms with van der Waals surface area (Å²) in [5, 5.41) is 21.7. The standard InChI is InChI=1S/C32H32F2N4O5/c1-4-21-24(33)7-6-19-12-20(43-18-41-3)13-22(25(19)21)27-26(34)28-23(14-35-27)29(38-11-5-8-31(2,40)15-38)37-30(36-28)42-17-32(16-39)9-10-32/h1,6-7,12-14,39-40H,5,8-11,15-18H2,2-3H3/t31-/m1/s1. The number of methoxy groups -OCH3 is 1. The van der Waals surface area contributed by atoms with E-state index >= 15 is 4.39 Å². The van der Waals surface area contributed by atoms with Crippen molar-refractivity contribution in [2.24, 2.45) is 5.41 Å². The molecule has 0 radical (unpaired) electrons. The lowest BCUT2D eigenvalue weighted by atomic mass is 9.94. The van der Waals surface area contributed by atoms with E-state index < -0.39 is 17.2 Å². The van der Waals surface area contributed by atoms with E-state index in [0.717, 1.165) is 12.8 Å². The molecule has 224 valence electrons. The average molecular weight is 591 g/mol. The minimum atomic E-state index is -0.964. The summed E-state index contributed by atoms with van der Waals surface area (Å²) in [5.74, 6) is 1.71. The molecule has 9 nitrogen and oxygen atoms in total. The molecule has 1 saturated carbocycles. The number of anilines is 1. The molecular formula is C32H32F2N4O5. The van der Waals surface area contributed by atoms with Gasteiger partial charge in [-0.05, 0) is 56.2 Å². The Kier molecular flexibility index (Phi) is 7.54. The number of aromatic nitrogens is 3. The van der Waals surface area contributed by atoms with Crippen LogP contribution in [0.4, 0.5) is 14.6 Å². The zero-order valence-corrected chi connectivity index (χ0v) is 24.0. The molecule has 0 bridgehead atoms. The Morgan fingerprint density at radius 3 is 2.65 bits per heavy atom. The highest BCUT2D eigenvalue weighted by molar-refractivity contribution is 6.03. The summed E-state index contributed by atoms with van der Waals surface area (Å²) in [7, 11) is 1.47. The Hall–Kier alpha value is -4.11. The highest BCUT2D eigenvalue weighted by atomic mass is 19.1. The van der Waals surface area contributed by atoms with Crippen molar-refractivity contribution in [2.75, 3.05) is 45.1 Å². The largest absolute Gasteiger partial charge is 0.468 e. The SMILES string of the molecule is C#Cc1c(F)ccc2cc(OCOC)cc(-c3ncc4c(N5CCC[C@@](C)(O)C5)nc(OCC5(CO)CC5)nc4c3F)c12. The molecule has 0 unspecified atom stereocenters. The fourth-order valence-electron chi connectivity index (χ4n) is 5.61. The van der Waals surface area contributed by atoms with Crippen molar-refractivity contribution < 1.29 is 33.2 Å². The van der Waals surface area contributed by atoms with Crippen LogP contribution in [0, 0.1) is 29.4 Å². The second-order valence-electron chi connectivity index (χ2n) is 11.7. The van der Waals surface area contributed by atoms with Crippen LogP contribution in [-0.2, 0) is 4.74 Å². The Morgan fingerprint density at radius 1 is 1.14 bits per heavy atom. The number of aliphatic hydroxyl groups excluding tert-OH is 1. The number of piperidine rings is 1. The zero-order chi connectivity index (χ0) is 30.4. The van der Waals surface area contributed by atoms with Gasteiger partial charge in [0.2, 0.25) is 0 Å². The molecule has 1 atom stereocenters. The lowest BCUT2D eigenvalue weighted by molar-refractivity contribution is 0.0447. The number of terminal acetylenes is 1. The number of hydrogen-bond donors (Lipinski definition) is 2. The molecule has 0 amide bonds. The number of halogens is 2. The number of aliphatic hydroxyl groups is 2. The van der Waals surface area contributed by atoms with E-state index in [4.69, 9.17) is 20.6 Å². The molecule has 2 fully saturated rings. The van der Waals surface area contributed by atoms with Gasteiger partial charge in [0.05, 0.1) is 29.8 Å². The minimum absolute atomic E-state index is 0.0335. The first-order chi connectivity index (χ1) is 20.7. The Bertz CT molecular complexity index is 1750. The first-order valence-corrected chi connectivity index (χ1v) is 14.1. The van der Waals surface area contributed by atoms with Crippen molar-refractivity contribution in [1.29, 1.82) is 0 Å². The van der Waals surface area contributed by atoms with Crippen LogP contribution in [0.3, 0.4) is 0 Å². The predicted molar refractivity (Wildman–Crippen MR) is 157 cm³/mol. The van der Waals surface area contributed by atoms with Gasteiger partial charge in [0, 0.05) is 42.8 Å². The van der Waals surface area contributed by atoms with Crippen LogP contribution in [-0.4, -0.2) is 71.0 Å². The second kappa shape index (κ2) is 11.2. The molecule has 11 heteroatoms. The summed E-state index contributed by atoms with van der Waals surface area (Å²) in [6.45, 7) is 2.69. The molecule has 3 heterocycles. The van der Waals surface area contributed by atoms with E-state index in [2.05, 4.69) is 20.9 Å². The Morgan fingerprint density at radius 2 is 1.95 bits per heavy atom. The van der Waals surface area contributed by atoms with E-state index in [9.17, 15) is 14.6 Å². The lowest BCUT2D eigenvalue weighted by Crippen LogP contribution is -2.46. The van der Waals surface area contributed by atoms with Gasteiger partial charge in [-0.15, -0.1) is 6.42 Å². The monoisotopic (exact) mass is 590 g/mol. The summed E-state index contributed by atoms with van der Waals surface area (Å²) in [5.41, 5.74) is -1.30. The van der Waals surface area contributed by atoms with Crippen LogP contribution in [0.5, 0.6) is 11.8 Å². The predicted octanol–water partition coefficient (Wildman–Crippen LogP) is 4.59. The number of pyridine rings is 1. The van der Waals surface area contributed by atoms with E-state index in [1.165, 1.54) is 25.4 Å². The van der Waals surface area contributed by atoms with E-state index in [1.807, 2.05) is 4.90 Å². The molecule has 1 aliphatic heterocycles. The van der Waals surface area contributed by atoms with Crippen LogP contribution < -0.4 is 14.4 Å². The number of nitrogens with zero attached hydrogens (tertiary/aromatic N) is 4. The van der Waals surface area contributed by atoms with Crippen molar-refractivity contribution in [3.63, 3.8) is 0 Å². The van der Waals surface area contributed by atoms with Crippen molar-refractivity contribution in [2.45, 2.75) is 38.2 Å². The molecule has 2 aromatic heterocycles. The first kappa shape index (κ1) is 29.0. The van der Waals surface area contributed by atoms with Crippen LogP contribution in [0.2, 0.25) is 0 Å². The lowest BCUT2D eigenvalue weighted by Gasteiger charge is -2.37. The van der Waals surface area contributed by atoms with Crippen molar-refractivity contribution in [1.82, 2.24) is 15.0 Å². The van der Waals surface area contributed by atoms with Gasteiger partial charge in [-0.25, -0.2) is 8.78 Å². The average Bonchev–Trinajstić information content (AvgIpc) is 3.79. The quantitative estimate of drug-likeness (QED) is 0.214. The van der Waals surface area contributed by atoms with E-state index in [0.29, 0.717) is 47.1 Å². The Balaban J connectivity index is 1.55. The molecular weight excluding hydrogens is 558 g/mol. The number of rotatable bonds is 9. The molecule has 0 spiro atoms. The molecule has 43 heavy (non-hydrogen) atoms. The molecule has 2 aliphatic rings. The van der Waals surface area contributed by atoms with Crippen LogP contribution in [0.25, 0.3) is 32.9 Å². The van der Waals surface area contributed by atoms with Gasteiger partial charge < -0.3 is 29.3 Å². The summed E-state index contributed by atoms with van der Waals surface area (Å²) >= 11 is 0. The zero-order valence-electron chi connectivity index (χ0n) is 24.0. The molecule has 4 aromatic rings. The van der Waals surface area contributed by atoms with Gasteiger partial charge in [0.25, 0.3) is 0 Å². The third-order valence-corrected chi connectivity index (χ3v) is 8.20. The van der Waals surface area contributed by atoms with Gasteiger partial charge >= 0.3 is 6.01 Å². The highest BCUT2D eigenvalue weighted by Crippen LogP contribution is 2.45. The molecule has 1 aliphatic carbocycles. The van der Waals surface area contributed by atoms with Crippen LogP contribution >= 0.6 is 0 Å². The molecule has 2 aromatic carbocycles. The van der Waals surface area contributed by atoms with Gasteiger partial charge in [0.1, 0.15) is 28.6 Å². The van der Waals surface area contributed by atoms with Crippen LogP contribution in [0.15, 0.2) is 30.5 Å². The van der Waals surface area contributed by atoms with Crippen molar-refractivity contribution in [3.05, 3.63) is 47.7 Å². The first-order valence-electron chi connectivity index (χ1n) is 14.1. The maximum Gasteiger partial charge on any atom is 0.319 e. The van der Waals surface area contributed by atoms with E-state index in [1.54, 1.807) is 19.1 Å². The van der Waals surface area contributed by atoms with Gasteiger partial charge in [-0.2, -0.15) is 9.97 Å². The summed E-state index contributed by atoms with van der Waals surface area (Å²) < 4.78 is 48.2. The van der Waals surface area contributed by atoms with Crippen LogP contribution in [0.1, 0.15) is 38.2 Å². The summed E-state index contributed by atoms with van der Waals surface area (Å²) in [6.07, 6.45) is 10.1. The topological polar surface area (TPSA) is 110 Å². The maximum atomic E-state index is 16.7. The van der Waals surface area contributed by atoms with Gasteiger partial charge in [-0.1, -0.05) is 12.0 Å². The summed E-state index contributed by atoms with van der Waals surface area (Å²) in [6, 6.07) is 5.94. The van der Waals surface area contributed by atoms with Gasteiger partial charge in [-0.3, -0.25) is 4.98 Å². The Labute approximate surface area is 247 Å². The van der Waals surface area contributed by atoms with Crippen molar-refractivity contribution in [3.8, 4) is 35.4 Å². The van der Waals surface area contributed by atoms with Gasteiger partial charge in [0.15, 0.2) is 12.6 Å². The molecule has 2 N–H and O–H groups in total. The number of benzene rings is 2. The third-order valence-electron chi connectivity index (χ3n) is 8.20. The number of hydrogen-bond acceptors (Lipinski definition) is 9. The molecule has 6 rings (SSSR count). The number of ether oxygens (including phenoxy) is 3. The fourth-order valence-corrected chi connectivity index (χ4v) is 5.61. The van der Waals surface area contributed by atoms with E-state index in [-0.39, 0.29) is 60.3 Å². The number of fused-ring (bicyclic) bond motifs is 2. The normalized spacial score (nSPS) is 19.4. The third kappa shape index (κ3) is 5.54. The minimum Gasteiger partial charge on any atom is -0.468 e. The second-order valence-corrected chi connectivity index (χ2v) is 11.7. The van der Waals surface area contributed by atoms with Crippen molar-refractivity contribution >= 4 is 27.5 Å². The maximum absolute atomic E-state index is 16.7. The fraction of sp³-hybridized carbons (Fsp3) is 0.406. The smallest absolute Gasteiger partial charge is 0.319 e. The number of β-amino-alcohol motifs (C(OH)–C–C–N with tert-alkyl or cyclic N) is 1.